The van der Waals surface area contributed by atoms with Gasteiger partial charge in [0, 0.05) is 11.9 Å². The highest BCUT2D eigenvalue weighted by Crippen LogP contribution is 2.10. The summed E-state index contributed by atoms with van der Waals surface area (Å²) in [6.45, 7) is 2.97. The molecule has 3 aromatic rings. The van der Waals surface area contributed by atoms with Gasteiger partial charge in [-0.15, -0.1) is 0 Å². The molecule has 0 aliphatic heterocycles. The second-order valence-corrected chi connectivity index (χ2v) is 5.29. The zero-order valence-corrected chi connectivity index (χ0v) is 12.9. The summed E-state index contributed by atoms with van der Waals surface area (Å²) in [5.41, 5.74) is 3.43. The molecule has 0 bridgehead atoms. The number of pyridine rings is 1. The number of carbonyl (C=O) groups is 1. The molecule has 3 rings (SSSR count). The summed E-state index contributed by atoms with van der Waals surface area (Å²) < 4.78 is 1.84. The van der Waals surface area contributed by atoms with Crippen molar-refractivity contribution in [3.63, 3.8) is 0 Å². The first kappa shape index (κ1) is 15.0. The van der Waals surface area contributed by atoms with Crippen molar-refractivity contribution in [3.05, 3.63) is 83.4 Å². The number of amides is 1. The molecule has 0 fully saturated rings. The molecule has 5 heteroatoms. The van der Waals surface area contributed by atoms with Crippen LogP contribution in [0.4, 0.5) is 0 Å². The number of nitrogens with zero attached hydrogens (tertiary/aromatic N) is 3. The summed E-state index contributed by atoms with van der Waals surface area (Å²) in [6, 6.07) is 15.7. The summed E-state index contributed by atoms with van der Waals surface area (Å²) in [4.78, 5) is 16.5. The largest absolute Gasteiger partial charge is 0.346 e. The quantitative estimate of drug-likeness (QED) is 0.788. The van der Waals surface area contributed by atoms with Crippen molar-refractivity contribution in [1.82, 2.24) is 20.1 Å². The normalized spacial score (nSPS) is 10.5. The minimum atomic E-state index is -0.132. The topological polar surface area (TPSA) is 59.8 Å². The van der Waals surface area contributed by atoms with Crippen molar-refractivity contribution < 1.29 is 4.79 Å². The van der Waals surface area contributed by atoms with Crippen LogP contribution in [-0.2, 0) is 13.1 Å². The molecule has 0 unspecified atom stereocenters. The lowest BCUT2D eigenvalue weighted by Gasteiger charge is -2.06. The van der Waals surface area contributed by atoms with Gasteiger partial charge in [-0.1, -0.05) is 36.4 Å². The fourth-order valence-corrected chi connectivity index (χ4v) is 2.35. The molecule has 0 aliphatic carbocycles. The lowest BCUT2D eigenvalue weighted by molar-refractivity contribution is 0.0949. The maximum Gasteiger partial charge on any atom is 0.255 e. The molecular weight excluding hydrogens is 288 g/mol. The van der Waals surface area contributed by atoms with Gasteiger partial charge in [0.25, 0.3) is 5.91 Å². The molecule has 0 aliphatic rings. The van der Waals surface area contributed by atoms with E-state index in [4.69, 9.17) is 0 Å². The van der Waals surface area contributed by atoms with Gasteiger partial charge in [0.1, 0.15) is 0 Å². The number of nitrogens with one attached hydrogen (secondary N) is 1. The zero-order chi connectivity index (χ0) is 16.1. The second-order valence-electron chi connectivity index (χ2n) is 5.29. The lowest BCUT2D eigenvalue weighted by Crippen LogP contribution is -2.23. The van der Waals surface area contributed by atoms with Crippen molar-refractivity contribution in [2.24, 2.45) is 0 Å². The predicted molar refractivity (Wildman–Crippen MR) is 87.9 cm³/mol. The van der Waals surface area contributed by atoms with Crippen molar-refractivity contribution in [2.75, 3.05) is 0 Å². The number of rotatable bonds is 5. The van der Waals surface area contributed by atoms with Gasteiger partial charge in [-0.25, -0.2) is 0 Å². The summed E-state index contributed by atoms with van der Waals surface area (Å²) in [7, 11) is 0. The molecule has 0 saturated carbocycles. The third kappa shape index (κ3) is 3.63. The van der Waals surface area contributed by atoms with E-state index in [1.165, 1.54) is 0 Å². The maximum absolute atomic E-state index is 12.3. The minimum absolute atomic E-state index is 0.132. The van der Waals surface area contributed by atoms with E-state index in [-0.39, 0.29) is 5.91 Å². The number of hydrogen-bond donors (Lipinski definition) is 1. The molecule has 0 saturated heterocycles. The van der Waals surface area contributed by atoms with Gasteiger partial charge < -0.3 is 5.32 Å². The van der Waals surface area contributed by atoms with Crippen LogP contribution in [0.1, 0.15) is 27.3 Å². The van der Waals surface area contributed by atoms with E-state index in [2.05, 4.69) is 15.4 Å². The third-order valence-electron chi connectivity index (χ3n) is 3.68. The van der Waals surface area contributed by atoms with Crippen LogP contribution in [0.25, 0.3) is 0 Å². The molecule has 1 N–H and O–H groups in total. The Bertz CT molecular complexity index is 781. The van der Waals surface area contributed by atoms with E-state index in [0.29, 0.717) is 18.7 Å². The van der Waals surface area contributed by atoms with Gasteiger partial charge in [-0.05, 0) is 24.6 Å². The van der Waals surface area contributed by atoms with E-state index < -0.39 is 0 Å². The molecule has 0 atom stereocenters. The number of carbonyl (C=O) groups excluding carboxylic acids is 1. The zero-order valence-electron chi connectivity index (χ0n) is 12.9. The summed E-state index contributed by atoms with van der Waals surface area (Å²) in [5, 5.41) is 7.21. The molecule has 1 aromatic carbocycles. The SMILES string of the molecule is Cc1c(C(=O)NCc2ccccn2)cnn1Cc1ccccc1. The van der Waals surface area contributed by atoms with Gasteiger partial charge in [0.2, 0.25) is 0 Å². The Morgan fingerprint density at radius 1 is 1.13 bits per heavy atom. The summed E-state index contributed by atoms with van der Waals surface area (Å²) >= 11 is 0. The molecule has 1 amide bonds. The van der Waals surface area contributed by atoms with E-state index in [1.54, 1.807) is 12.4 Å². The Hall–Kier alpha value is -2.95. The molecular formula is C18H18N4O. The van der Waals surface area contributed by atoms with Gasteiger partial charge in [-0.2, -0.15) is 5.10 Å². The van der Waals surface area contributed by atoms with Crippen LogP contribution in [0.5, 0.6) is 0 Å². The molecule has 5 nitrogen and oxygen atoms in total. The van der Waals surface area contributed by atoms with Gasteiger partial charge in [0.15, 0.2) is 0 Å². The molecule has 23 heavy (non-hydrogen) atoms. The van der Waals surface area contributed by atoms with Crippen LogP contribution in [0.2, 0.25) is 0 Å². The van der Waals surface area contributed by atoms with Crippen LogP contribution in [0, 0.1) is 6.92 Å². The van der Waals surface area contributed by atoms with Gasteiger partial charge >= 0.3 is 0 Å². The fourth-order valence-electron chi connectivity index (χ4n) is 2.35. The number of hydrogen-bond acceptors (Lipinski definition) is 3. The summed E-state index contributed by atoms with van der Waals surface area (Å²) in [6.07, 6.45) is 3.33. The molecule has 2 heterocycles. The molecule has 0 radical (unpaired) electrons. The average Bonchev–Trinajstić information content (AvgIpc) is 2.95. The first-order valence-corrected chi connectivity index (χ1v) is 7.48. The molecule has 2 aromatic heterocycles. The van der Waals surface area contributed by atoms with E-state index in [9.17, 15) is 4.79 Å². The fraction of sp³-hybridized carbons (Fsp3) is 0.167. The Morgan fingerprint density at radius 3 is 2.65 bits per heavy atom. The maximum atomic E-state index is 12.3. The summed E-state index contributed by atoms with van der Waals surface area (Å²) in [5.74, 6) is -0.132. The van der Waals surface area contributed by atoms with Crippen LogP contribution in [0.3, 0.4) is 0 Å². The van der Waals surface area contributed by atoms with Crippen LogP contribution >= 0.6 is 0 Å². The highest BCUT2D eigenvalue weighted by Gasteiger charge is 2.14. The Labute approximate surface area is 135 Å². The highest BCUT2D eigenvalue weighted by molar-refractivity contribution is 5.94. The number of aromatic nitrogens is 3. The third-order valence-corrected chi connectivity index (χ3v) is 3.68. The lowest BCUT2D eigenvalue weighted by atomic mass is 10.2. The second kappa shape index (κ2) is 6.87. The van der Waals surface area contributed by atoms with Crippen molar-refractivity contribution in [2.45, 2.75) is 20.0 Å². The standard InChI is InChI=1S/C18H18N4O/c1-14-17(18(23)20-11-16-9-5-6-10-19-16)12-21-22(14)13-15-7-3-2-4-8-15/h2-10,12H,11,13H2,1H3,(H,20,23). The van der Waals surface area contributed by atoms with Crippen LogP contribution in [-0.4, -0.2) is 20.7 Å². The first-order chi connectivity index (χ1) is 11.2. The van der Waals surface area contributed by atoms with Crippen molar-refractivity contribution >= 4 is 5.91 Å². The Balaban J connectivity index is 1.67. The first-order valence-electron chi connectivity index (χ1n) is 7.48. The van der Waals surface area contributed by atoms with E-state index >= 15 is 0 Å². The molecule has 116 valence electrons. The van der Waals surface area contributed by atoms with Crippen molar-refractivity contribution in [3.8, 4) is 0 Å². The number of benzene rings is 1. The van der Waals surface area contributed by atoms with Crippen molar-refractivity contribution in [1.29, 1.82) is 0 Å². The van der Waals surface area contributed by atoms with Gasteiger partial charge in [-0.3, -0.25) is 14.5 Å². The smallest absolute Gasteiger partial charge is 0.255 e. The highest BCUT2D eigenvalue weighted by atomic mass is 16.1. The average molecular weight is 306 g/mol. The van der Waals surface area contributed by atoms with E-state index in [0.717, 1.165) is 17.0 Å². The van der Waals surface area contributed by atoms with Crippen LogP contribution in [0.15, 0.2) is 60.9 Å². The van der Waals surface area contributed by atoms with E-state index in [1.807, 2.05) is 60.1 Å². The van der Waals surface area contributed by atoms with Crippen LogP contribution < -0.4 is 5.32 Å². The monoisotopic (exact) mass is 306 g/mol. The predicted octanol–water partition coefficient (Wildman–Crippen LogP) is 2.56. The minimum Gasteiger partial charge on any atom is -0.346 e. The van der Waals surface area contributed by atoms with Gasteiger partial charge in [0.05, 0.1) is 30.5 Å². The molecule has 0 spiro atoms. The Morgan fingerprint density at radius 2 is 1.91 bits per heavy atom. The Kier molecular flexibility index (Phi) is 4.47.